The maximum absolute atomic E-state index is 12.4. The first-order valence-corrected chi connectivity index (χ1v) is 6.84. The van der Waals surface area contributed by atoms with Crippen molar-refractivity contribution < 1.29 is 14.3 Å². The van der Waals surface area contributed by atoms with E-state index in [4.69, 9.17) is 9.47 Å². The minimum Gasteiger partial charge on any atom is -0.441 e. The first-order valence-electron chi connectivity index (χ1n) is 6.04. The zero-order valence-corrected chi connectivity index (χ0v) is 12.7. The summed E-state index contributed by atoms with van der Waals surface area (Å²) < 4.78 is 11.8. The van der Waals surface area contributed by atoms with Crippen molar-refractivity contribution in [1.29, 1.82) is 0 Å². The Labute approximate surface area is 121 Å². The van der Waals surface area contributed by atoms with E-state index < -0.39 is 6.29 Å². The van der Waals surface area contributed by atoms with Gasteiger partial charge in [0.05, 0.1) is 5.57 Å². The van der Waals surface area contributed by atoms with Gasteiger partial charge >= 0.3 is 0 Å². The molecule has 1 aliphatic heterocycles. The van der Waals surface area contributed by atoms with Crippen molar-refractivity contribution in [2.75, 3.05) is 20.7 Å². The SMILES string of the molecule is CCOC1OC(N(C)C)=C(c2cccc(Br)c2)C1=O. The third-order valence-corrected chi connectivity index (χ3v) is 3.22. The van der Waals surface area contributed by atoms with E-state index in [1.54, 1.807) is 4.90 Å². The third kappa shape index (κ3) is 2.82. The van der Waals surface area contributed by atoms with Gasteiger partial charge in [0.2, 0.25) is 11.7 Å². The largest absolute Gasteiger partial charge is 0.441 e. The highest BCUT2D eigenvalue weighted by Crippen LogP contribution is 2.32. The predicted octanol–water partition coefficient (Wildman–Crippen LogP) is 2.64. The molecule has 0 N–H and O–H groups in total. The molecule has 1 unspecified atom stereocenters. The minimum atomic E-state index is -0.837. The van der Waals surface area contributed by atoms with E-state index in [1.807, 2.05) is 45.3 Å². The number of halogens is 1. The number of rotatable bonds is 4. The number of ether oxygens (including phenoxy) is 2. The highest BCUT2D eigenvalue weighted by Gasteiger charge is 2.37. The lowest BCUT2D eigenvalue weighted by Gasteiger charge is -2.16. The second kappa shape index (κ2) is 5.75. The molecule has 0 saturated carbocycles. The van der Waals surface area contributed by atoms with Gasteiger partial charge in [-0.25, -0.2) is 0 Å². The second-order valence-electron chi connectivity index (χ2n) is 4.35. The summed E-state index contributed by atoms with van der Waals surface area (Å²) in [7, 11) is 3.68. The molecule has 1 aromatic carbocycles. The van der Waals surface area contributed by atoms with E-state index in [0.717, 1.165) is 10.0 Å². The Morgan fingerprint density at radius 3 is 2.74 bits per heavy atom. The number of carbonyl (C=O) groups is 1. The molecule has 1 aromatic rings. The zero-order valence-electron chi connectivity index (χ0n) is 11.1. The van der Waals surface area contributed by atoms with Crippen molar-refractivity contribution in [1.82, 2.24) is 4.90 Å². The summed E-state index contributed by atoms with van der Waals surface area (Å²) in [6, 6.07) is 7.59. The van der Waals surface area contributed by atoms with Crippen molar-refractivity contribution in [2.45, 2.75) is 13.2 Å². The Morgan fingerprint density at radius 1 is 1.42 bits per heavy atom. The molecule has 102 valence electrons. The standard InChI is InChI=1S/C14H16BrNO3/c1-4-18-14-12(17)11(13(19-14)16(2)3)9-6-5-7-10(15)8-9/h5-8,14H,4H2,1-3H3. The van der Waals surface area contributed by atoms with Crippen molar-refractivity contribution in [3.63, 3.8) is 0 Å². The van der Waals surface area contributed by atoms with E-state index in [0.29, 0.717) is 18.1 Å². The molecular formula is C14H16BrNO3. The summed E-state index contributed by atoms with van der Waals surface area (Å²) in [6.07, 6.45) is -0.837. The average molecular weight is 326 g/mol. The van der Waals surface area contributed by atoms with Crippen LogP contribution in [-0.4, -0.2) is 37.7 Å². The molecule has 1 heterocycles. The zero-order chi connectivity index (χ0) is 14.0. The van der Waals surface area contributed by atoms with Crippen molar-refractivity contribution >= 4 is 27.3 Å². The molecule has 0 saturated heterocycles. The van der Waals surface area contributed by atoms with Gasteiger partial charge in [0.25, 0.3) is 6.29 Å². The van der Waals surface area contributed by atoms with E-state index in [-0.39, 0.29) is 5.78 Å². The Morgan fingerprint density at radius 2 is 2.16 bits per heavy atom. The Hall–Kier alpha value is -1.33. The number of hydrogen-bond donors (Lipinski definition) is 0. The average Bonchev–Trinajstić information content (AvgIpc) is 2.68. The lowest BCUT2D eigenvalue weighted by atomic mass is 10.0. The van der Waals surface area contributed by atoms with Crippen LogP contribution >= 0.6 is 15.9 Å². The molecule has 0 radical (unpaired) electrons. The third-order valence-electron chi connectivity index (χ3n) is 2.73. The van der Waals surface area contributed by atoms with E-state index in [2.05, 4.69) is 15.9 Å². The van der Waals surface area contributed by atoms with Gasteiger partial charge < -0.3 is 14.4 Å². The molecule has 0 aliphatic carbocycles. The molecule has 4 nitrogen and oxygen atoms in total. The highest BCUT2D eigenvalue weighted by molar-refractivity contribution is 9.10. The first kappa shape index (κ1) is 14.1. The van der Waals surface area contributed by atoms with Crippen LogP contribution in [0.1, 0.15) is 12.5 Å². The molecule has 19 heavy (non-hydrogen) atoms. The Kier molecular flexibility index (Phi) is 4.27. The molecule has 0 fully saturated rings. The Bertz CT molecular complexity index is 525. The van der Waals surface area contributed by atoms with Crippen LogP contribution in [0.4, 0.5) is 0 Å². The highest BCUT2D eigenvalue weighted by atomic mass is 79.9. The van der Waals surface area contributed by atoms with E-state index in [9.17, 15) is 4.79 Å². The smallest absolute Gasteiger partial charge is 0.266 e. The normalized spacial score (nSPS) is 18.7. The molecule has 1 aliphatic rings. The van der Waals surface area contributed by atoms with Gasteiger partial charge in [0.15, 0.2) is 0 Å². The molecule has 0 aromatic heterocycles. The summed E-state index contributed by atoms with van der Waals surface area (Å²) in [5.74, 6) is 0.408. The van der Waals surface area contributed by atoms with Crippen LogP contribution in [0.25, 0.3) is 5.57 Å². The Balaban J connectivity index is 2.43. The maximum atomic E-state index is 12.4. The van der Waals surface area contributed by atoms with Crippen molar-refractivity contribution in [2.24, 2.45) is 0 Å². The summed E-state index contributed by atoms with van der Waals surface area (Å²) in [5, 5.41) is 0. The summed E-state index contributed by atoms with van der Waals surface area (Å²) in [6.45, 7) is 2.27. The van der Waals surface area contributed by atoms with Crippen LogP contribution in [0.2, 0.25) is 0 Å². The minimum absolute atomic E-state index is 0.136. The topological polar surface area (TPSA) is 38.8 Å². The molecule has 0 spiro atoms. The first-order chi connectivity index (χ1) is 9.04. The van der Waals surface area contributed by atoms with Gasteiger partial charge in [-0.05, 0) is 24.6 Å². The lowest BCUT2D eigenvalue weighted by Crippen LogP contribution is -2.22. The van der Waals surface area contributed by atoms with Crippen LogP contribution < -0.4 is 0 Å². The fourth-order valence-electron chi connectivity index (χ4n) is 1.94. The number of Topliss-reactive ketones (excluding diaryl/α,β-unsaturated/α-hetero) is 1. The molecule has 0 bridgehead atoms. The van der Waals surface area contributed by atoms with Crippen LogP contribution in [0.15, 0.2) is 34.6 Å². The predicted molar refractivity (Wildman–Crippen MR) is 76.3 cm³/mol. The molecule has 1 atom stereocenters. The molecule has 0 amide bonds. The second-order valence-corrected chi connectivity index (χ2v) is 5.27. The van der Waals surface area contributed by atoms with E-state index >= 15 is 0 Å². The molecule has 5 heteroatoms. The van der Waals surface area contributed by atoms with Gasteiger partial charge in [-0.1, -0.05) is 28.1 Å². The summed E-state index contributed by atoms with van der Waals surface area (Å²) in [5.41, 5.74) is 1.38. The van der Waals surface area contributed by atoms with E-state index in [1.165, 1.54) is 0 Å². The lowest BCUT2D eigenvalue weighted by molar-refractivity contribution is -0.150. The fraction of sp³-hybridized carbons (Fsp3) is 0.357. The van der Waals surface area contributed by atoms with Gasteiger partial charge in [-0.2, -0.15) is 0 Å². The van der Waals surface area contributed by atoms with Gasteiger partial charge in [-0.3, -0.25) is 4.79 Å². The number of benzene rings is 1. The number of ketones is 1. The monoisotopic (exact) mass is 325 g/mol. The summed E-state index contributed by atoms with van der Waals surface area (Å²) >= 11 is 3.41. The number of carbonyl (C=O) groups excluding carboxylic acids is 1. The van der Waals surface area contributed by atoms with Gasteiger partial charge in [-0.15, -0.1) is 0 Å². The molecule has 2 rings (SSSR count). The fourth-order valence-corrected chi connectivity index (χ4v) is 2.34. The van der Waals surface area contributed by atoms with Gasteiger partial charge in [0, 0.05) is 25.2 Å². The van der Waals surface area contributed by atoms with Crippen LogP contribution in [-0.2, 0) is 14.3 Å². The van der Waals surface area contributed by atoms with Crippen LogP contribution in [0, 0.1) is 0 Å². The number of hydrogen-bond acceptors (Lipinski definition) is 4. The number of nitrogens with zero attached hydrogens (tertiary/aromatic N) is 1. The van der Waals surface area contributed by atoms with Crippen LogP contribution in [0.3, 0.4) is 0 Å². The summed E-state index contributed by atoms with van der Waals surface area (Å²) in [4.78, 5) is 14.2. The van der Waals surface area contributed by atoms with Crippen molar-refractivity contribution in [3.8, 4) is 0 Å². The molecular weight excluding hydrogens is 310 g/mol. The van der Waals surface area contributed by atoms with Gasteiger partial charge in [0.1, 0.15) is 0 Å². The van der Waals surface area contributed by atoms with Crippen LogP contribution in [0.5, 0.6) is 0 Å². The quantitative estimate of drug-likeness (QED) is 0.853. The maximum Gasteiger partial charge on any atom is 0.266 e. The van der Waals surface area contributed by atoms with Crippen molar-refractivity contribution in [3.05, 3.63) is 40.2 Å².